The maximum Gasteiger partial charge on any atom is 0.230 e. The Morgan fingerprint density at radius 3 is 2.80 bits per heavy atom. The average molecular weight is 404 g/mol. The molecule has 8 heteroatoms. The molecule has 0 spiro atoms. The minimum absolute atomic E-state index is 0.0139. The number of likely N-dealkylation sites (tertiary alicyclic amines) is 1. The number of anilines is 1. The number of allylic oxidation sites excluding steroid dienone is 1. The zero-order valence-electron chi connectivity index (χ0n) is 17.0. The fourth-order valence-corrected chi connectivity index (χ4v) is 4.16. The number of benzene rings is 1. The van der Waals surface area contributed by atoms with Crippen LogP contribution in [0.3, 0.4) is 0 Å². The van der Waals surface area contributed by atoms with E-state index in [4.69, 9.17) is 10.8 Å². The molecule has 2 aromatic heterocycles. The van der Waals surface area contributed by atoms with E-state index in [0.29, 0.717) is 32.0 Å². The second-order valence-corrected chi connectivity index (χ2v) is 8.75. The maximum atomic E-state index is 12.8. The van der Waals surface area contributed by atoms with Gasteiger partial charge >= 0.3 is 0 Å². The van der Waals surface area contributed by atoms with Crippen LogP contribution in [0.4, 0.5) is 5.82 Å². The molecule has 8 nitrogen and oxygen atoms in total. The third-order valence-electron chi connectivity index (χ3n) is 5.83. The predicted molar refractivity (Wildman–Crippen MR) is 117 cm³/mol. The SMILES string of the molecule is CC(C)(Cn1cc2c(N)nc3cc(C4=CC=NC4)ccc3c2n1)C(=O)N1CC(O)C1. The molecule has 3 N–H and O–H groups in total. The van der Waals surface area contributed by atoms with Crippen LogP contribution in [-0.4, -0.2) is 62.6 Å². The molecule has 0 bridgehead atoms. The highest BCUT2D eigenvalue weighted by atomic mass is 16.3. The lowest BCUT2D eigenvalue weighted by atomic mass is 9.90. The second-order valence-electron chi connectivity index (χ2n) is 8.75. The summed E-state index contributed by atoms with van der Waals surface area (Å²) in [6.45, 7) is 5.68. The Bertz CT molecular complexity index is 1230. The minimum atomic E-state index is -0.651. The van der Waals surface area contributed by atoms with Crippen molar-refractivity contribution >= 4 is 45.3 Å². The van der Waals surface area contributed by atoms with Crippen LogP contribution in [0.25, 0.3) is 27.4 Å². The first-order valence-electron chi connectivity index (χ1n) is 10.0. The van der Waals surface area contributed by atoms with Crippen LogP contribution in [0, 0.1) is 5.41 Å². The first kappa shape index (κ1) is 18.7. The van der Waals surface area contributed by atoms with Crippen LogP contribution in [-0.2, 0) is 11.3 Å². The Balaban J connectivity index is 1.49. The van der Waals surface area contributed by atoms with Crippen LogP contribution < -0.4 is 5.73 Å². The number of nitrogen functional groups attached to an aromatic ring is 1. The molecule has 4 heterocycles. The lowest BCUT2D eigenvalue weighted by Crippen LogP contribution is -2.57. The van der Waals surface area contributed by atoms with Gasteiger partial charge in [-0.25, -0.2) is 4.98 Å². The topological polar surface area (TPSA) is 110 Å². The molecule has 0 aliphatic carbocycles. The second kappa shape index (κ2) is 6.63. The number of amides is 1. The number of hydrogen-bond donors (Lipinski definition) is 2. The average Bonchev–Trinajstić information content (AvgIpc) is 3.34. The molecule has 1 amide bonds. The summed E-state index contributed by atoms with van der Waals surface area (Å²) in [5, 5.41) is 16.0. The number of aliphatic imine (C=N–C) groups is 1. The van der Waals surface area contributed by atoms with E-state index >= 15 is 0 Å². The summed E-state index contributed by atoms with van der Waals surface area (Å²) in [6.07, 6.45) is 5.27. The first-order valence-corrected chi connectivity index (χ1v) is 10.0. The third kappa shape index (κ3) is 3.04. The minimum Gasteiger partial charge on any atom is -0.389 e. The van der Waals surface area contributed by atoms with Gasteiger partial charge in [-0.15, -0.1) is 0 Å². The summed E-state index contributed by atoms with van der Waals surface area (Å²) in [6, 6.07) is 6.10. The molecule has 1 aromatic carbocycles. The first-order chi connectivity index (χ1) is 14.3. The summed E-state index contributed by atoms with van der Waals surface area (Å²) >= 11 is 0. The molecule has 0 saturated carbocycles. The number of hydrogen-bond acceptors (Lipinski definition) is 6. The fraction of sp³-hybridized carbons (Fsp3) is 0.364. The van der Waals surface area contributed by atoms with E-state index in [2.05, 4.69) is 16.0 Å². The number of fused-ring (bicyclic) bond motifs is 3. The lowest BCUT2D eigenvalue weighted by Gasteiger charge is -2.40. The number of aliphatic hydroxyl groups is 1. The number of carbonyl (C=O) groups is 1. The van der Waals surface area contributed by atoms with Crippen molar-refractivity contribution in [3.63, 3.8) is 0 Å². The Morgan fingerprint density at radius 1 is 1.30 bits per heavy atom. The van der Waals surface area contributed by atoms with Gasteiger partial charge in [0.2, 0.25) is 5.91 Å². The van der Waals surface area contributed by atoms with E-state index in [9.17, 15) is 9.90 Å². The summed E-state index contributed by atoms with van der Waals surface area (Å²) < 4.78 is 1.78. The summed E-state index contributed by atoms with van der Waals surface area (Å²) in [4.78, 5) is 23.3. The van der Waals surface area contributed by atoms with Gasteiger partial charge < -0.3 is 15.7 Å². The molecule has 2 aliphatic rings. The Kier molecular flexibility index (Phi) is 4.14. The summed E-state index contributed by atoms with van der Waals surface area (Å²) in [5.74, 6) is 0.438. The largest absolute Gasteiger partial charge is 0.389 e. The van der Waals surface area contributed by atoms with Crippen LogP contribution in [0.5, 0.6) is 0 Å². The van der Waals surface area contributed by atoms with Gasteiger partial charge in [-0.1, -0.05) is 6.07 Å². The maximum absolute atomic E-state index is 12.8. The molecule has 30 heavy (non-hydrogen) atoms. The molecule has 1 fully saturated rings. The molecule has 5 rings (SSSR count). The standard InChI is InChI=1S/C22H24N6O2/c1-22(2,21(30)27-9-15(29)10-27)12-28-11-17-19(26-28)16-4-3-13(14-5-6-24-8-14)7-18(16)25-20(17)23/h3-7,11,15,29H,8-10,12H2,1-2H3,(H2,23,25). The normalized spacial score (nSPS) is 17.0. The molecule has 154 valence electrons. The van der Waals surface area contributed by atoms with Gasteiger partial charge in [0, 0.05) is 30.9 Å². The van der Waals surface area contributed by atoms with Gasteiger partial charge in [0.25, 0.3) is 0 Å². The van der Waals surface area contributed by atoms with E-state index < -0.39 is 11.5 Å². The molecule has 3 aromatic rings. The van der Waals surface area contributed by atoms with E-state index in [1.54, 1.807) is 9.58 Å². The molecular formula is C22H24N6O2. The number of carbonyl (C=O) groups excluding carboxylic acids is 1. The van der Waals surface area contributed by atoms with Crippen molar-refractivity contribution in [3.05, 3.63) is 36.0 Å². The van der Waals surface area contributed by atoms with Gasteiger partial charge in [0.1, 0.15) is 11.3 Å². The molecule has 1 saturated heterocycles. The van der Waals surface area contributed by atoms with Crippen LogP contribution in [0.2, 0.25) is 0 Å². The zero-order chi connectivity index (χ0) is 21.0. The van der Waals surface area contributed by atoms with Gasteiger partial charge in [-0.2, -0.15) is 5.10 Å². The number of nitrogens with two attached hydrogens (primary N) is 1. The quantitative estimate of drug-likeness (QED) is 0.690. The molecule has 0 radical (unpaired) electrons. The summed E-state index contributed by atoms with van der Waals surface area (Å²) in [5.41, 5.74) is 9.40. The van der Waals surface area contributed by atoms with Gasteiger partial charge in [-0.05, 0) is 43.2 Å². The smallest absolute Gasteiger partial charge is 0.230 e. The number of pyridine rings is 1. The predicted octanol–water partition coefficient (Wildman–Crippen LogP) is 1.86. The van der Waals surface area contributed by atoms with Crippen LogP contribution >= 0.6 is 0 Å². The molecule has 2 aliphatic heterocycles. The number of rotatable bonds is 4. The van der Waals surface area contributed by atoms with E-state index in [-0.39, 0.29) is 5.91 Å². The highest BCUT2D eigenvalue weighted by molar-refractivity contribution is 6.08. The number of β-amino-alcohol motifs (C(OH)–C–C–N with tert-alkyl or cyclic N) is 1. The van der Waals surface area contributed by atoms with E-state index in [1.165, 1.54) is 0 Å². The third-order valence-corrected chi connectivity index (χ3v) is 5.83. The van der Waals surface area contributed by atoms with Crippen molar-refractivity contribution in [1.29, 1.82) is 0 Å². The van der Waals surface area contributed by atoms with Crippen LogP contribution in [0.15, 0.2) is 35.5 Å². The van der Waals surface area contributed by atoms with E-state index in [1.807, 2.05) is 44.5 Å². The molecule has 0 atom stereocenters. The fourth-order valence-electron chi connectivity index (χ4n) is 4.16. The van der Waals surface area contributed by atoms with Gasteiger partial charge in [-0.3, -0.25) is 14.5 Å². The summed E-state index contributed by atoms with van der Waals surface area (Å²) in [7, 11) is 0. The lowest BCUT2D eigenvalue weighted by molar-refractivity contribution is -0.151. The van der Waals surface area contributed by atoms with Crippen molar-refractivity contribution in [1.82, 2.24) is 19.7 Å². The van der Waals surface area contributed by atoms with Crippen molar-refractivity contribution in [2.24, 2.45) is 10.4 Å². The highest BCUT2D eigenvalue weighted by Gasteiger charge is 2.38. The van der Waals surface area contributed by atoms with Crippen molar-refractivity contribution in [2.45, 2.75) is 26.5 Å². The number of nitrogens with zero attached hydrogens (tertiary/aromatic N) is 5. The number of aliphatic hydroxyl groups excluding tert-OH is 1. The van der Waals surface area contributed by atoms with Crippen LogP contribution in [0.1, 0.15) is 19.4 Å². The van der Waals surface area contributed by atoms with Gasteiger partial charge in [0.15, 0.2) is 0 Å². The van der Waals surface area contributed by atoms with Crippen molar-refractivity contribution in [3.8, 4) is 0 Å². The van der Waals surface area contributed by atoms with E-state index in [0.717, 1.165) is 32.9 Å². The zero-order valence-corrected chi connectivity index (χ0v) is 17.0. The van der Waals surface area contributed by atoms with Gasteiger partial charge in [0.05, 0.1) is 35.5 Å². The Hall–Kier alpha value is -3.26. The highest BCUT2D eigenvalue weighted by Crippen LogP contribution is 2.31. The van der Waals surface area contributed by atoms with Crippen molar-refractivity contribution in [2.75, 3.05) is 25.4 Å². The Morgan fingerprint density at radius 2 is 2.10 bits per heavy atom. The molecular weight excluding hydrogens is 380 g/mol. The monoisotopic (exact) mass is 404 g/mol. The number of aromatic nitrogens is 3. The molecule has 0 unspecified atom stereocenters. The van der Waals surface area contributed by atoms with Crippen molar-refractivity contribution < 1.29 is 9.90 Å². The Labute approximate surface area is 173 Å².